The van der Waals surface area contributed by atoms with Gasteiger partial charge in [0.2, 0.25) is 0 Å². The molecule has 7 aliphatic carbocycles. The Balaban J connectivity index is 1.22. The molecule has 6 bridgehead atoms. The second-order valence-electron chi connectivity index (χ2n) is 16.5. The Morgan fingerprint density at radius 1 is 0.652 bits per heavy atom. The molecule has 7 aliphatic rings. The maximum absolute atomic E-state index is 15.0. The van der Waals surface area contributed by atoms with Crippen LogP contribution < -0.4 is 4.18 Å². The summed E-state index contributed by atoms with van der Waals surface area (Å²) in [5, 5.41) is 0. The molecule has 9 atom stereocenters. The van der Waals surface area contributed by atoms with Crippen LogP contribution in [0.4, 0.5) is 0 Å². The summed E-state index contributed by atoms with van der Waals surface area (Å²) in [5.41, 5.74) is 4.88. The Morgan fingerprint density at radius 3 is 1.61 bits per heavy atom. The molecular formula is C38H47O6S2-. The van der Waals surface area contributed by atoms with Crippen molar-refractivity contribution in [1.29, 1.82) is 0 Å². The number of aryl methyl sites for hydroxylation is 1. The molecule has 46 heavy (non-hydrogen) atoms. The summed E-state index contributed by atoms with van der Waals surface area (Å²) in [4.78, 5) is 0.226. The van der Waals surface area contributed by atoms with Gasteiger partial charge >= 0.3 is 10.1 Å². The van der Waals surface area contributed by atoms with Crippen molar-refractivity contribution >= 4 is 20.2 Å². The van der Waals surface area contributed by atoms with Gasteiger partial charge in [-0.2, -0.15) is 8.42 Å². The molecule has 0 radical (unpaired) electrons. The first kappa shape index (κ1) is 30.2. The fourth-order valence-electron chi connectivity index (χ4n) is 12.2. The van der Waals surface area contributed by atoms with E-state index in [1.54, 1.807) is 6.92 Å². The van der Waals surface area contributed by atoms with Gasteiger partial charge in [-0.05, 0) is 178 Å². The molecule has 6 fully saturated rings. The predicted octanol–water partition coefficient (Wildman–Crippen LogP) is 8.26. The standard InChI is InChI=1S/C38H48O6S2/c1-21-12-36(45(39,40)41)29-4-2-3-5-30(29)37(21)44-46(42,43)38-34(32-17-23-7-10-26(32)14-23)19-28(31-16-22-6-9-25(31)13-22)20-35(38)33-18-24-8-11-27(33)15-24/h12,19-20,22-27,31-33H,2-11,13-18H2,1H3,(H,39,40,41)/p-1. The van der Waals surface area contributed by atoms with Gasteiger partial charge in [0.25, 0.3) is 0 Å². The lowest BCUT2D eigenvalue weighted by Crippen LogP contribution is -2.24. The summed E-state index contributed by atoms with van der Waals surface area (Å²) in [6, 6.07) is 6.02. The molecular weight excluding hydrogens is 617 g/mol. The van der Waals surface area contributed by atoms with Crippen LogP contribution in [0.2, 0.25) is 0 Å². The highest BCUT2D eigenvalue weighted by Gasteiger charge is 2.48. The van der Waals surface area contributed by atoms with E-state index in [2.05, 4.69) is 12.1 Å². The molecule has 2 aromatic rings. The Hall–Kier alpha value is -1.90. The van der Waals surface area contributed by atoms with E-state index in [9.17, 15) is 13.0 Å². The SMILES string of the molecule is Cc1cc(S(=O)(=O)[O-])c2c(c1OS(=O)(=O)c1c(C3CC4CCC3C4)cc(C3CC4CCC3C4)cc1C1CC3CCC1C3)CCCC2. The molecule has 9 unspecified atom stereocenters. The molecule has 248 valence electrons. The van der Waals surface area contributed by atoms with Gasteiger partial charge < -0.3 is 8.74 Å². The van der Waals surface area contributed by atoms with E-state index in [0.29, 0.717) is 64.0 Å². The molecule has 6 saturated carbocycles. The van der Waals surface area contributed by atoms with Crippen molar-refractivity contribution in [2.75, 3.05) is 0 Å². The molecule has 0 saturated heterocycles. The summed E-state index contributed by atoms with van der Waals surface area (Å²) < 4.78 is 73.2. The first-order chi connectivity index (χ1) is 22.0. The smallest absolute Gasteiger partial charge is 0.339 e. The number of benzene rings is 2. The number of hydrogen-bond donors (Lipinski definition) is 0. The summed E-state index contributed by atoms with van der Waals surface area (Å²) in [6.07, 6.45) is 17.1. The van der Waals surface area contributed by atoms with Gasteiger partial charge in [0, 0.05) is 5.56 Å². The quantitative estimate of drug-likeness (QED) is 0.218. The fourth-order valence-corrected chi connectivity index (χ4v) is 14.5. The van der Waals surface area contributed by atoms with Crippen molar-refractivity contribution in [3.8, 4) is 5.75 Å². The zero-order valence-corrected chi connectivity index (χ0v) is 28.6. The van der Waals surface area contributed by atoms with Crippen LogP contribution in [0.3, 0.4) is 0 Å². The number of rotatable bonds is 7. The zero-order chi connectivity index (χ0) is 31.5. The van der Waals surface area contributed by atoms with E-state index < -0.39 is 20.2 Å². The molecule has 0 spiro atoms. The minimum Gasteiger partial charge on any atom is -0.744 e. The van der Waals surface area contributed by atoms with E-state index in [4.69, 9.17) is 4.18 Å². The first-order valence-corrected chi connectivity index (χ1v) is 21.1. The minimum atomic E-state index is -4.70. The van der Waals surface area contributed by atoms with Gasteiger partial charge in [-0.1, -0.05) is 31.4 Å². The summed E-state index contributed by atoms with van der Waals surface area (Å²) in [5.74, 6) is 5.20. The number of fused-ring (bicyclic) bond motifs is 7. The largest absolute Gasteiger partial charge is 0.744 e. The highest BCUT2D eigenvalue weighted by atomic mass is 32.2. The zero-order valence-electron chi connectivity index (χ0n) is 27.0. The third kappa shape index (κ3) is 4.85. The Bertz CT molecular complexity index is 1760. The number of hydrogen-bond acceptors (Lipinski definition) is 6. The third-order valence-electron chi connectivity index (χ3n) is 14.1. The van der Waals surface area contributed by atoms with Crippen LogP contribution >= 0.6 is 0 Å². The topological polar surface area (TPSA) is 101 Å². The Morgan fingerprint density at radius 2 is 1.15 bits per heavy atom. The lowest BCUT2D eigenvalue weighted by atomic mass is 9.75. The second-order valence-corrected chi connectivity index (χ2v) is 19.4. The van der Waals surface area contributed by atoms with Gasteiger partial charge in [0.1, 0.15) is 20.8 Å². The minimum absolute atomic E-state index is 0.218. The molecule has 0 heterocycles. The van der Waals surface area contributed by atoms with E-state index in [-0.39, 0.29) is 22.5 Å². The summed E-state index contributed by atoms with van der Waals surface area (Å²) in [6.45, 7) is 1.68. The maximum Gasteiger partial charge on any atom is 0.339 e. The monoisotopic (exact) mass is 663 g/mol. The molecule has 0 N–H and O–H groups in total. The van der Waals surface area contributed by atoms with Crippen LogP contribution in [-0.2, 0) is 33.1 Å². The van der Waals surface area contributed by atoms with E-state index in [1.165, 1.54) is 75.8 Å². The van der Waals surface area contributed by atoms with E-state index in [1.807, 2.05) is 0 Å². The predicted molar refractivity (Wildman–Crippen MR) is 175 cm³/mol. The highest BCUT2D eigenvalue weighted by molar-refractivity contribution is 7.87. The second kappa shape index (κ2) is 10.8. The summed E-state index contributed by atoms with van der Waals surface area (Å²) in [7, 11) is -8.96. The van der Waals surface area contributed by atoms with Crippen molar-refractivity contribution in [3.63, 3.8) is 0 Å². The van der Waals surface area contributed by atoms with Crippen LogP contribution in [-0.4, -0.2) is 21.4 Å². The highest BCUT2D eigenvalue weighted by Crippen LogP contribution is 2.60. The van der Waals surface area contributed by atoms with Crippen molar-refractivity contribution < 1.29 is 25.6 Å². The third-order valence-corrected chi connectivity index (χ3v) is 16.3. The van der Waals surface area contributed by atoms with Crippen LogP contribution in [0.1, 0.15) is 141 Å². The van der Waals surface area contributed by atoms with E-state index in [0.717, 1.165) is 48.6 Å². The Kier molecular flexibility index (Phi) is 7.09. The Labute approximate surface area is 275 Å². The van der Waals surface area contributed by atoms with Crippen LogP contribution in [0.25, 0.3) is 0 Å². The average Bonchev–Trinajstić information content (AvgIpc) is 3.89. The molecule has 0 aliphatic heterocycles. The van der Waals surface area contributed by atoms with Gasteiger partial charge in [-0.3, -0.25) is 0 Å². The molecule has 0 aromatic heterocycles. The average molecular weight is 664 g/mol. The van der Waals surface area contributed by atoms with Gasteiger partial charge in [0.05, 0.1) is 4.90 Å². The summed E-state index contributed by atoms with van der Waals surface area (Å²) >= 11 is 0. The maximum atomic E-state index is 15.0. The molecule has 2 aromatic carbocycles. The van der Waals surface area contributed by atoms with Crippen LogP contribution in [0, 0.1) is 42.4 Å². The van der Waals surface area contributed by atoms with Gasteiger partial charge in [-0.25, -0.2) is 8.42 Å². The van der Waals surface area contributed by atoms with Crippen molar-refractivity contribution in [1.82, 2.24) is 0 Å². The van der Waals surface area contributed by atoms with Gasteiger partial charge in [-0.15, -0.1) is 0 Å². The van der Waals surface area contributed by atoms with Crippen molar-refractivity contribution in [2.45, 2.75) is 137 Å². The molecule has 8 heteroatoms. The lowest BCUT2D eigenvalue weighted by molar-refractivity contribution is 0.392. The van der Waals surface area contributed by atoms with Crippen LogP contribution in [0.15, 0.2) is 28.0 Å². The molecule has 6 nitrogen and oxygen atoms in total. The molecule has 9 rings (SSSR count). The normalized spacial score (nSPS) is 36.1. The fraction of sp³-hybridized carbons (Fsp3) is 0.684. The van der Waals surface area contributed by atoms with Crippen molar-refractivity contribution in [2.24, 2.45) is 35.5 Å². The van der Waals surface area contributed by atoms with E-state index >= 15 is 8.42 Å². The van der Waals surface area contributed by atoms with Crippen LogP contribution in [0.5, 0.6) is 5.75 Å². The lowest BCUT2D eigenvalue weighted by Gasteiger charge is -2.32. The first-order valence-electron chi connectivity index (χ1n) is 18.3. The molecule has 0 amide bonds. The van der Waals surface area contributed by atoms with Crippen molar-refractivity contribution in [3.05, 3.63) is 51.6 Å². The van der Waals surface area contributed by atoms with Gasteiger partial charge in [0.15, 0.2) is 0 Å².